The van der Waals surface area contributed by atoms with E-state index in [1.807, 2.05) is 24.3 Å². The molecule has 6 nitrogen and oxygen atoms in total. The normalized spacial score (nSPS) is 19.3. The summed E-state index contributed by atoms with van der Waals surface area (Å²) in [5.74, 6) is 3.37. The Morgan fingerprint density at radius 2 is 2.08 bits per heavy atom. The second-order valence-corrected chi connectivity index (χ2v) is 7.72. The minimum atomic E-state index is 0.0850. The van der Waals surface area contributed by atoms with Crippen molar-refractivity contribution < 1.29 is 4.79 Å². The highest BCUT2D eigenvalue weighted by Gasteiger charge is 2.27. The summed E-state index contributed by atoms with van der Waals surface area (Å²) in [6.07, 6.45) is 5.29. The van der Waals surface area contributed by atoms with Crippen molar-refractivity contribution in [3.05, 3.63) is 30.1 Å². The van der Waals surface area contributed by atoms with Crippen molar-refractivity contribution in [2.45, 2.75) is 44.9 Å². The van der Waals surface area contributed by atoms with Gasteiger partial charge in [0.2, 0.25) is 5.91 Å². The summed E-state index contributed by atoms with van der Waals surface area (Å²) >= 11 is 0. The van der Waals surface area contributed by atoms with Crippen LogP contribution in [0, 0.1) is 11.8 Å². The van der Waals surface area contributed by atoms with E-state index in [-0.39, 0.29) is 5.91 Å². The van der Waals surface area contributed by atoms with Gasteiger partial charge in [0.1, 0.15) is 5.82 Å². The highest BCUT2D eigenvalue weighted by atomic mass is 16.1. The summed E-state index contributed by atoms with van der Waals surface area (Å²) in [5, 5.41) is 13.8. The summed E-state index contributed by atoms with van der Waals surface area (Å²) in [6, 6.07) is 7.79. The van der Waals surface area contributed by atoms with E-state index in [4.69, 9.17) is 0 Å². The Bertz CT molecular complexity index is 761. The molecule has 1 saturated carbocycles. The van der Waals surface area contributed by atoms with Crippen LogP contribution >= 0.6 is 0 Å². The van der Waals surface area contributed by atoms with Crippen LogP contribution < -0.4 is 10.6 Å². The van der Waals surface area contributed by atoms with Crippen molar-refractivity contribution in [3.8, 4) is 11.4 Å². The fraction of sp³-hybridized carbons (Fsp3) is 0.550. The van der Waals surface area contributed by atoms with Crippen LogP contribution in [0.4, 0.5) is 5.69 Å². The van der Waals surface area contributed by atoms with Gasteiger partial charge in [0, 0.05) is 23.6 Å². The third-order valence-electron chi connectivity index (χ3n) is 5.57. The molecule has 1 unspecified atom stereocenters. The predicted molar refractivity (Wildman–Crippen MR) is 102 cm³/mol. The lowest BCUT2D eigenvalue weighted by atomic mass is 9.84. The van der Waals surface area contributed by atoms with Crippen LogP contribution in [0.25, 0.3) is 11.4 Å². The Morgan fingerprint density at radius 1 is 1.27 bits per heavy atom. The van der Waals surface area contributed by atoms with Gasteiger partial charge in [-0.2, -0.15) is 5.10 Å². The lowest BCUT2D eigenvalue weighted by Crippen LogP contribution is -2.32. The number of aromatic amines is 1. The third kappa shape index (κ3) is 4.12. The molecule has 4 rings (SSSR count). The maximum atomic E-state index is 12.5. The summed E-state index contributed by atoms with van der Waals surface area (Å²) in [5.41, 5.74) is 1.74. The molecular formula is C20H27N5O. The van der Waals surface area contributed by atoms with Crippen LogP contribution in [0.15, 0.2) is 24.3 Å². The summed E-state index contributed by atoms with van der Waals surface area (Å²) in [7, 11) is 0. The van der Waals surface area contributed by atoms with Gasteiger partial charge in [-0.3, -0.25) is 9.89 Å². The second kappa shape index (κ2) is 7.58. The molecule has 2 heterocycles. The highest BCUT2D eigenvalue weighted by Crippen LogP contribution is 2.38. The molecular weight excluding hydrogens is 326 g/mol. The van der Waals surface area contributed by atoms with E-state index < -0.39 is 0 Å². The molecule has 0 spiro atoms. The number of hydrogen-bond donors (Lipinski definition) is 3. The summed E-state index contributed by atoms with van der Waals surface area (Å²) in [4.78, 5) is 17.0. The molecule has 1 aromatic heterocycles. The lowest BCUT2D eigenvalue weighted by molar-refractivity contribution is -0.117. The largest absolute Gasteiger partial charge is 0.326 e. The van der Waals surface area contributed by atoms with E-state index in [1.165, 1.54) is 12.8 Å². The van der Waals surface area contributed by atoms with Gasteiger partial charge in [-0.25, -0.2) is 4.98 Å². The van der Waals surface area contributed by atoms with Gasteiger partial charge in [0.25, 0.3) is 0 Å². The number of hydrogen-bond acceptors (Lipinski definition) is 4. The topological polar surface area (TPSA) is 82.7 Å². The van der Waals surface area contributed by atoms with Gasteiger partial charge in [0.15, 0.2) is 5.82 Å². The first kappa shape index (κ1) is 17.2. The van der Waals surface area contributed by atoms with Crippen LogP contribution in [-0.2, 0) is 4.79 Å². The number of piperidine rings is 1. The maximum absolute atomic E-state index is 12.5. The fourth-order valence-corrected chi connectivity index (χ4v) is 3.76. The summed E-state index contributed by atoms with van der Waals surface area (Å²) < 4.78 is 0. The lowest BCUT2D eigenvalue weighted by Gasteiger charge is -2.27. The molecule has 2 fully saturated rings. The van der Waals surface area contributed by atoms with Crippen molar-refractivity contribution >= 4 is 11.6 Å². The van der Waals surface area contributed by atoms with Crippen LogP contribution in [0.2, 0.25) is 0 Å². The number of amides is 1. The number of anilines is 1. The molecule has 1 saturated heterocycles. The quantitative estimate of drug-likeness (QED) is 0.744. The van der Waals surface area contributed by atoms with E-state index in [9.17, 15) is 4.79 Å². The van der Waals surface area contributed by atoms with Crippen LogP contribution in [0.5, 0.6) is 0 Å². The van der Waals surface area contributed by atoms with Crippen molar-refractivity contribution in [2.24, 2.45) is 11.8 Å². The fourth-order valence-electron chi connectivity index (χ4n) is 3.76. The average Bonchev–Trinajstić information content (AvgIpc) is 3.39. The van der Waals surface area contributed by atoms with Gasteiger partial charge in [-0.05, 0) is 62.7 Å². The molecule has 3 N–H and O–H groups in total. The van der Waals surface area contributed by atoms with Crippen molar-refractivity contribution in [3.63, 3.8) is 0 Å². The monoisotopic (exact) mass is 353 g/mol. The van der Waals surface area contributed by atoms with Gasteiger partial charge in [-0.1, -0.05) is 19.1 Å². The Balaban J connectivity index is 1.37. The van der Waals surface area contributed by atoms with Crippen molar-refractivity contribution in [1.82, 2.24) is 20.5 Å². The SMILES string of the molecule is CC(CC(=O)Nc1cccc(-c2n[nH]c(C3CC3)n2)c1)C1CCNCC1. The number of carbonyl (C=O) groups excluding carboxylic acids is 1. The number of nitrogens with one attached hydrogen (secondary N) is 3. The van der Waals surface area contributed by atoms with E-state index in [0.717, 1.165) is 43.0 Å². The Labute approximate surface area is 154 Å². The average molecular weight is 353 g/mol. The summed E-state index contributed by atoms with van der Waals surface area (Å²) in [6.45, 7) is 4.33. The molecule has 0 radical (unpaired) electrons. The molecule has 2 aromatic rings. The molecule has 26 heavy (non-hydrogen) atoms. The molecule has 1 amide bonds. The number of H-pyrrole nitrogens is 1. The molecule has 0 bridgehead atoms. The van der Waals surface area contributed by atoms with Gasteiger partial charge < -0.3 is 10.6 Å². The smallest absolute Gasteiger partial charge is 0.224 e. The molecule has 6 heteroatoms. The van der Waals surface area contributed by atoms with E-state index >= 15 is 0 Å². The maximum Gasteiger partial charge on any atom is 0.224 e. The molecule has 1 atom stereocenters. The number of benzene rings is 1. The molecule has 1 aliphatic carbocycles. The second-order valence-electron chi connectivity index (χ2n) is 7.72. The highest BCUT2D eigenvalue weighted by molar-refractivity contribution is 5.91. The third-order valence-corrected chi connectivity index (χ3v) is 5.57. The first-order valence-electron chi connectivity index (χ1n) is 9.72. The van der Waals surface area contributed by atoms with Crippen molar-refractivity contribution in [1.29, 1.82) is 0 Å². The molecule has 1 aromatic carbocycles. The molecule has 2 aliphatic rings. The zero-order chi connectivity index (χ0) is 17.9. The Kier molecular flexibility index (Phi) is 5.02. The van der Waals surface area contributed by atoms with Crippen LogP contribution in [-0.4, -0.2) is 34.2 Å². The molecule has 1 aliphatic heterocycles. The molecule has 138 valence electrons. The minimum Gasteiger partial charge on any atom is -0.326 e. The number of nitrogens with zero attached hydrogens (tertiary/aromatic N) is 2. The standard InChI is InChI=1S/C20H27N5O/c1-13(14-7-9-21-10-8-14)11-18(26)22-17-4-2-3-16(12-17)20-23-19(24-25-20)15-5-6-15/h2-4,12-15,21H,5-11H2,1H3,(H,22,26)(H,23,24,25). The predicted octanol–water partition coefficient (Wildman–Crippen LogP) is 3.31. The van der Waals surface area contributed by atoms with Gasteiger partial charge >= 0.3 is 0 Å². The zero-order valence-corrected chi connectivity index (χ0v) is 15.3. The zero-order valence-electron chi connectivity index (χ0n) is 15.3. The van der Waals surface area contributed by atoms with Crippen molar-refractivity contribution in [2.75, 3.05) is 18.4 Å². The minimum absolute atomic E-state index is 0.0850. The first-order chi connectivity index (χ1) is 12.7. The Hall–Kier alpha value is -2.21. The number of carbonyl (C=O) groups is 1. The Morgan fingerprint density at radius 3 is 2.85 bits per heavy atom. The van der Waals surface area contributed by atoms with Gasteiger partial charge in [-0.15, -0.1) is 0 Å². The van der Waals surface area contributed by atoms with E-state index in [1.54, 1.807) is 0 Å². The van der Waals surface area contributed by atoms with E-state index in [0.29, 0.717) is 30.0 Å². The van der Waals surface area contributed by atoms with Crippen LogP contribution in [0.1, 0.15) is 50.8 Å². The van der Waals surface area contributed by atoms with Gasteiger partial charge in [0.05, 0.1) is 0 Å². The number of rotatable bonds is 6. The first-order valence-corrected chi connectivity index (χ1v) is 9.72. The van der Waals surface area contributed by atoms with E-state index in [2.05, 4.69) is 32.7 Å². The van der Waals surface area contributed by atoms with Crippen LogP contribution in [0.3, 0.4) is 0 Å². The number of aromatic nitrogens is 3.